The van der Waals surface area contributed by atoms with E-state index in [1.54, 1.807) is 12.4 Å². The minimum atomic E-state index is -4.56. The van der Waals surface area contributed by atoms with Gasteiger partial charge >= 0.3 is 54.5 Å². The summed E-state index contributed by atoms with van der Waals surface area (Å²) in [5.41, 5.74) is 17.6. The number of hydrogen-bond acceptors (Lipinski definition) is 9. The number of aromatic nitrogens is 3. The SMILES string of the molecule is Cc1cc(C)c(-c2cc(N3C=CN(C)[CH-]3)[c-]c(N3C=CN(C)[CH-]3)c2)c(C)c1.Cc1cc(C)c(-c2cc(N3C=CN(C)[CH-]3)[c-]c(N3C=CN(C)[CH-]3)c2)c(C)c1.FC(F)(F)c1ccc2[n-]c3ccc(C(F)(F)F)cc3c2c1.[Pt+4].[Pt+4].c1ccc2c(c1)[n-]c1cnccc12. The van der Waals surface area contributed by atoms with E-state index in [0.717, 1.165) is 70.2 Å². The van der Waals surface area contributed by atoms with Crippen LogP contribution in [0.5, 0.6) is 0 Å². The van der Waals surface area contributed by atoms with E-state index in [1.807, 2.05) is 96.9 Å². The van der Waals surface area contributed by atoms with Gasteiger partial charge in [0.05, 0.1) is 11.1 Å². The van der Waals surface area contributed by atoms with Crippen LogP contribution in [0.15, 0.2) is 177 Å². The monoisotopic (exact) mass is 1570 g/mol. The number of benzene rings is 7. The topological polar surface area (TPSA) is 67.0 Å². The van der Waals surface area contributed by atoms with Gasteiger partial charge in [-0.3, -0.25) is 4.98 Å². The Morgan fingerprint density at radius 3 is 1.07 bits per heavy atom. The van der Waals surface area contributed by atoms with E-state index in [0.29, 0.717) is 0 Å². The molecule has 10 aromatic rings. The number of para-hydroxylation sites is 1. The van der Waals surface area contributed by atoms with Crippen LogP contribution in [-0.4, -0.2) is 52.8 Å². The summed E-state index contributed by atoms with van der Waals surface area (Å²) >= 11 is 0. The summed E-state index contributed by atoms with van der Waals surface area (Å²) in [6.07, 6.45) is 10.9. The van der Waals surface area contributed by atoms with Crippen LogP contribution in [0.25, 0.3) is 65.9 Å². The van der Waals surface area contributed by atoms with Crippen LogP contribution in [0.1, 0.15) is 44.5 Å². The zero-order valence-corrected chi connectivity index (χ0v) is 55.4. The van der Waals surface area contributed by atoms with Gasteiger partial charge in [-0.05, 0) is 192 Å². The maximum absolute atomic E-state index is 12.7. The zero-order chi connectivity index (χ0) is 62.3. The van der Waals surface area contributed by atoms with Crippen LogP contribution < -0.4 is 29.6 Å². The molecule has 19 heteroatoms. The van der Waals surface area contributed by atoms with Gasteiger partial charge in [0.15, 0.2) is 0 Å². The van der Waals surface area contributed by atoms with Crippen molar-refractivity contribution in [1.29, 1.82) is 0 Å². The molecule has 0 amide bonds. The predicted octanol–water partition coefficient (Wildman–Crippen LogP) is 16.9. The first kappa shape index (κ1) is 66.0. The number of halogens is 6. The van der Waals surface area contributed by atoms with Crippen LogP contribution in [0.4, 0.5) is 49.1 Å². The van der Waals surface area contributed by atoms with Gasteiger partial charge in [-0.1, -0.05) is 83.9 Å². The Bertz CT molecular complexity index is 3970. The molecule has 0 aliphatic carbocycles. The molecule has 0 saturated carbocycles. The van der Waals surface area contributed by atoms with Crippen molar-refractivity contribution in [1.82, 2.24) is 34.6 Å². The number of anilines is 4. The van der Waals surface area contributed by atoms with Crippen molar-refractivity contribution in [2.75, 3.05) is 47.8 Å². The third kappa shape index (κ3) is 14.6. The molecule has 0 fully saturated rings. The molecule has 0 spiro atoms. The van der Waals surface area contributed by atoms with Gasteiger partial charge in [-0.2, -0.15) is 53.0 Å². The van der Waals surface area contributed by atoms with Gasteiger partial charge in [0.2, 0.25) is 0 Å². The molecule has 14 rings (SSSR count). The molecule has 7 heterocycles. The molecule has 0 unspecified atom stereocenters. The molecule has 0 N–H and O–H groups in total. The first-order valence-corrected chi connectivity index (χ1v) is 28.3. The van der Waals surface area contributed by atoms with Crippen LogP contribution in [0.2, 0.25) is 0 Å². The van der Waals surface area contributed by atoms with E-state index in [-0.39, 0.29) is 63.9 Å². The average molecular weight is 1570 g/mol. The van der Waals surface area contributed by atoms with Gasteiger partial charge in [0.25, 0.3) is 0 Å². The Morgan fingerprint density at radius 1 is 0.389 bits per heavy atom. The quantitative estimate of drug-likeness (QED) is 0.118. The molecule has 3 aromatic heterocycles. The van der Waals surface area contributed by atoms with Crippen molar-refractivity contribution < 1.29 is 68.5 Å². The summed E-state index contributed by atoms with van der Waals surface area (Å²) in [6.45, 7) is 21.3. The zero-order valence-electron chi connectivity index (χ0n) is 50.9. The summed E-state index contributed by atoms with van der Waals surface area (Å²) < 4.78 is 76.1. The Morgan fingerprint density at radius 2 is 0.722 bits per heavy atom. The Labute approximate surface area is 550 Å². The summed E-state index contributed by atoms with van der Waals surface area (Å²) in [5, 5.41) is 2.52. The maximum atomic E-state index is 12.7. The summed E-state index contributed by atoms with van der Waals surface area (Å²) in [5.74, 6) is 0. The average Bonchev–Trinajstić information content (AvgIpc) is 2.47. The maximum Gasteiger partial charge on any atom is 4.00 e. The number of hydrogen-bond donors (Lipinski definition) is 0. The van der Waals surface area contributed by atoms with Gasteiger partial charge in [-0.15, -0.1) is 92.3 Å². The van der Waals surface area contributed by atoms with Crippen molar-refractivity contribution in [3.05, 3.63) is 261 Å². The van der Waals surface area contributed by atoms with Gasteiger partial charge < -0.3 is 49.2 Å². The number of nitrogens with zero attached hydrogens (tertiary/aromatic N) is 11. The third-order valence-corrected chi connectivity index (χ3v) is 15.2. The molecule has 7 aromatic carbocycles. The first-order valence-electron chi connectivity index (χ1n) is 28.3. The second-order valence-corrected chi connectivity index (χ2v) is 22.4. The van der Waals surface area contributed by atoms with E-state index < -0.39 is 23.5 Å². The fraction of sp³-hybridized carbons (Fsp3) is 0.169. The van der Waals surface area contributed by atoms with Crippen molar-refractivity contribution in [2.45, 2.75) is 53.9 Å². The largest absolute Gasteiger partial charge is 4.00 e. The van der Waals surface area contributed by atoms with E-state index in [1.165, 1.54) is 66.4 Å². The van der Waals surface area contributed by atoms with Crippen molar-refractivity contribution in [2.24, 2.45) is 0 Å². The molecule has 0 saturated heterocycles. The van der Waals surface area contributed by atoms with Gasteiger partial charge in [0.1, 0.15) is 0 Å². The molecule has 4 aliphatic heterocycles. The summed E-state index contributed by atoms with van der Waals surface area (Å²) in [4.78, 5) is 29.1. The second-order valence-electron chi connectivity index (χ2n) is 22.4. The fourth-order valence-corrected chi connectivity index (χ4v) is 11.4. The number of aryl methyl sites for hydroxylation is 6. The second kappa shape index (κ2) is 27.0. The molecule has 0 radical (unpaired) electrons. The predicted molar refractivity (Wildman–Crippen MR) is 342 cm³/mol. The molecular formula is C71H63F6N11Pt2. The molecule has 0 bridgehead atoms. The van der Waals surface area contributed by atoms with Gasteiger partial charge in [0, 0.05) is 12.4 Å². The van der Waals surface area contributed by atoms with Crippen molar-refractivity contribution in [3.63, 3.8) is 0 Å². The smallest absolute Gasteiger partial charge is 0.657 e. The molecular weight excluding hydrogens is 1510 g/mol. The van der Waals surface area contributed by atoms with Crippen LogP contribution in [-0.2, 0) is 54.5 Å². The van der Waals surface area contributed by atoms with Crippen LogP contribution in [0.3, 0.4) is 0 Å². The Balaban J connectivity index is 0.000000145. The van der Waals surface area contributed by atoms with E-state index >= 15 is 0 Å². The van der Waals surface area contributed by atoms with E-state index in [9.17, 15) is 26.3 Å². The number of pyridine rings is 1. The minimum absolute atomic E-state index is 0. The standard InChI is InChI=1S/2C23H25N4.C14H6F6N.C11H7N2.2Pt/c2*1-17-10-18(2)23(19(3)11-17)20-12-21(26-8-6-24(4)15-26)14-22(13-20)27-9-7-25(5)16-27;15-13(16,17)7-1-3-11-9(5-7)10-6-8(14(18,19)20)2-4-12(10)21-11;1-2-4-10-8(3-1)9-5-6-12-7-11(9)13-10;;/h2*6-13,15-16H,1-5H3;1-6H;1-7H;;/q2*-3;2*-1;2*+4. The molecule has 0 atom stereocenters. The Kier molecular flexibility index (Phi) is 19.8. The van der Waals surface area contributed by atoms with Gasteiger partial charge in [-0.25, -0.2) is 0 Å². The summed E-state index contributed by atoms with van der Waals surface area (Å²) in [7, 11) is 8.12. The van der Waals surface area contributed by atoms with Crippen molar-refractivity contribution in [3.8, 4) is 22.3 Å². The molecule has 464 valence electrons. The molecule has 11 nitrogen and oxygen atoms in total. The third-order valence-electron chi connectivity index (χ3n) is 15.2. The number of alkyl halides is 6. The van der Waals surface area contributed by atoms with Crippen LogP contribution >= 0.6 is 0 Å². The first-order chi connectivity index (χ1) is 41.9. The van der Waals surface area contributed by atoms with Crippen LogP contribution in [0, 0.1) is 80.3 Å². The van der Waals surface area contributed by atoms with E-state index in [4.69, 9.17) is 0 Å². The number of rotatable bonds is 6. The Hall–Kier alpha value is -8.39. The number of fused-ring (bicyclic) bond motifs is 6. The fourth-order valence-electron chi connectivity index (χ4n) is 11.4. The van der Waals surface area contributed by atoms with E-state index in [2.05, 4.69) is 194 Å². The summed E-state index contributed by atoms with van der Waals surface area (Å²) in [6, 6.07) is 40.9. The molecule has 90 heavy (non-hydrogen) atoms. The molecule has 4 aliphatic rings. The van der Waals surface area contributed by atoms with Crippen molar-refractivity contribution >= 4 is 66.4 Å². The normalized spacial score (nSPS) is 14.4. The minimum Gasteiger partial charge on any atom is -0.657 e.